The number of amides is 1. The summed E-state index contributed by atoms with van der Waals surface area (Å²) in [6.45, 7) is 2.39. The molecular weight excluding hydrogens is 402 g/mol. The molecule has 0 heterocycles. The number of para-hydroxylation sites is 1. The highest BCUT2D eigenvalue weighted by Gasteiger charge is 2.21. The van der Waals surface area contributed by atoms with Crippen LogP contribution in [0, 0.1) is 0 Å². The molecule has 0 atom stereocenters. The monoisotopic (exact) mass is 425 g/mol. The summed E-state index contributed by atoms with van der Waals surface area (Å²) in [5.41, 5.74) is 0.340. The van der Waals surface area contributed by atoms with Crippen molar-refractivity contribution in [3.05, 3.63) is 54.1 Å². The highest BCUT2D eigenvalue weighted by atomic mass is 32.2. The maximum Gasteiger partial charge on any atom is 0.261 e. The molecular formula is C18H23N3O5S2. The van der Waals surface area contributed by atoms with E-state index in [1.54, 1.807) is 12.1 Å². The Labute approximate surface area is 165 Å². The van der Waals surface area contributed by atoms with Gasteiger partial charge in [0, 0.05) is 20.6 Å². The fourth-order valence-corrected chi connectivity index (χ4v) is 4.29. The molecule has 152 valence electrons. The highest BCUT2D eigenvalue weighted by molar-refractivity contribution is 7.92. The molecule has 1 amide bonds. The zero-order chi connectivity index (χ0) is 20.9. The van der Waals surface area contributed by atoms with Crippen LogP contribution in [-0.4, -0.2) is 47.7 Å². The van der Waals surface area contributed by atoms with Crippen molar-refractivity contribution in [1.29, 1.82) is 0 Å². The SMILES string of the molecule is CCCNC(=O)c1ccccc1NS(=O)(=O)c1ccc(S(=O)(=O)N(C)C)cc1. The van der Waals surface area contributed by atoms with E-state index < -0.39 is 20.0 Å². The fraction of sp³-hybridized carbons (Fsp3) is 0.278. The van der Waals surface area contributed by atoms with Gasteiger partial charge in [-0.15, -0.1) is 0 Å². The highest BCUT2D eigenvalue weighted by Crippen LogP contribution is 2.22. The van der Waals surface area contributed by atoms with Gasteiger partial charge in [0.25, 0.3) is 15.9 Å². The summed E-state index contributed by atoms with van der Waals surface area (Å²) >= 11 is 0. The number of hydrogen-bond acceptors (Lipinski definition) is 5. The third-order valence-electron chi connectivity index (χ3n) is 3.86. The van der Waals surface area contributed by atoms with Crippen LogP contribution in [0.25, 0.3) is 0 Å². The third-order valence-corrected chi connectivity index (χ3v) is 7.07. The number of rotatable bonds is 8. The van der Waals surface area contributed by atoms with E-state index >= 15 is 0 Å². The Hall–Kier alpha value is -2.43. The first-order chi connectivity index (χ1) is 13.1. The summed E-state index contributed by atoms with van der Waals surface area (Å²) in [6, 6.07) is 11.1. The van der Waals surface area contributed by atoms with Crippen molar-refractivity contribution in [2.24, 2.45) is 0 Å². The molecule has 0 bridgehead atoms. The first kappa shape index (κ1) is 21.9. The van der Waals surface area contributed by atoms with E-state index in [1.807, 2.05) is 6.92 Å². The van der Waals surface area contributed by atoms with Crippen LogP contribution in [0.5, 0.6) is 0 Å². The number of anilines is 1. The van der Waals surface area contributed by atoms with Crippen molar-refractivity contribution >= 4 is 31.6 Å². The van der Waals surface area contributed by atoms with Crippen LogP contribution in [0.1, 0.15) is 23.7 Å². The van der Waals surface area contributed by atoms with Gasteiger partial charge in [0.05, 0.1) is 21.0 Å². The van der Waals surface area contributed by atoms with E-state index in [-0.39, 0.29) is 26.9 Å². The summed E-state index contributed by atoms with van der Waals surface area (Å²) in [6.07, 6.45) is 0.752. The van der Waals surface area contributed by atoms with Crippen molar-refractivity contribution < 1.29 is 21.6 Å². The summed E-state index contributed by atoms with van der Waals surface area (Å²) in [5.74, 6) is -0.382. The molecule has 0 unspecified atom stereocenters. The lowest BCUT2D eigenvalue weighted by Crippen LogP contribution is -2.26. The summed E-state index contributed by atoms with van der Waals surface area (Å²) < 4.78 is 53.0. The van der Waals surface area contributed by atoms with E-state index in [2.05, 4.69) is 10.0 Å². The molecule has 2 rings (SSSR count). The first-order valence-electron chi connectivity index (χ1n) is 8.52. The number of carbonyl (C=O) groups is 1. The van der Waals surface area contributed by atoms with Gasteiger partial charge >= 0.3 is 0 Å². The Bertz CT molecular complexity index is 1050. The number of sulfonamides is 2. The maximum atomic E-state index is 12.7. The van der Waals surface area contributed by atoms with Crippen LogP contribution >= 0.6 is 0 Å². The van der Waals surface area contributed by atoms with E-state index in [9.17, 15) is 21.6 Å². The lowest BCUT2D eigenvalue weighted by molar-refractivity contribution is 0.0954. The van der Waals surface area contributed by atoms with Gasteiger partial charge in [-0.05, 0) is 42.8 Å². The van der Waals surface area contributed by atoms with Crippen molar-refractivity contribution in [2.75, 3.05) is 25.4 Å². The molecule has 0 fully saturated rings. The predicted molar refractivity (Wildman–Crippen MR) is 107 cm³/mol. The molecule has 0 saturated carbocycles. The second-order valence-electron chi connectivity index (χ2n) is 6.17. The van der Waals surface area contributed by atoms with Gasteiger partial charge in [-0.1, -0.05) is 19.1 Å². The Balaban J connectivity index is 2.31. The number of hydrogen-bond donors (Lipinski definition) is 2. The topological polar surface area (TPSA) is 113 Å². The van der Waals surface area contributed by atoms with Crippen LogP contribution < -0.4 is 10.0 Å². The lowest BCUT2D eigenvalue weighted by atomic mass is 10.1. The average molecular weight is 426 g/mol. The van der Waals surface area contributed by atoms with Gasteiger partial charge in [-0.3, -0.25) is 9.52 Å². The van der Waals surface area contributed by atoms with Gasteiger partial charge in [-0.2, -0.15) is 0 Å². The number of nitrogens with one attached hydrogen (secondary N) is 2. The Morgan fingerprint density at radius 1 is 0.929 bits per heavy atom. The zero-order valence-electron chi connectivity index (χ0n) is 15.8. The van der Waals surface area contributed by atoms with Crippen LogP contribution in [-0.2, 0) is 20.0 Å². The minimum atomic E-state index is -4.01. The average Bonchev–Trinajstić information content (AvgIpc) is 2.66. The van der Waals surface area contributed by atoms with Crippen LogP contribution in [0.2, 0.25) is 0 Å². The summed E-state index contributed by atoms with van der Waals surface area (Å²) in [4.78, 5) is 12.1. The van der Waals surface area contributed by atoms with E-state index in [1.165, 1.54) is 50.5 Å². The molecule has 0 aliphatic rings. The van der Waals surface area contributed by atoms with Crippen molar-refractivity contribution in [3.63, 3.8) is 0 Å². The van der Waals surface area contributed by atoms with Crippen LogP contribution in [0.3, 0.4) is 0 Å². The maximum absolute atomic E-state index is 12.7. The van der Waals surface area contributed by atoms with Gasteiger partial charge in [0.2, 0.25) is 10.0 Å². The number of nitrogens with zero attached hydrogens (tertiary/aromatic N) is 1. The molecule has 2 aromatic carbocycles. The molecule has 0 aliphatic carbocycles. The minimum absolute atomic E-state index is 0.0178. The molecule has 2 aromatic rings. The van der Waals surface area contributed by atoms with E-state index in [0.29, 0.717) is 6.54 Å². The van der Waals surface area contributed by atoms with Gasteiger partial charge in [0.1, 0.15) is 0 Å². The molecule has 0 spiro atoms. The second kappa shape index (κ2) is 8.72. The molecule has 0 aromatic heterocycles. The Morgan fingerprint density at radius 2 is 1.50 bits per heavy atom. The molecule has 0 radical (unpaired) electrons. The first-order valence-corrected chi connectivity index (χ1v) is 11.4. The summed E-state index contributed by atoms with van der Waals surface area (Å²) in [7, 11) is -4.89. The largest absolute Gasteiger partial charge is 0.352 e. The molecule has 2 N–H and O–H groups in total. The van der Waals surface area contributed by atoms with Gasteiger partial charge < -0.3 is 5.32 Å². The Morgan fingerprint density at radius 3 is 2.07 bits per heavy atom. The summed E-state index contributed by atoms with van der Waals surface area (Å²) in [5, 5.41) is 2.70. The molecule has 8 nitrogen and oxygen atoms in total. The van der Waals surface area contributed by atoms with Gasteiger partial charge in [-0.25, -0.2) is 21.1 Å². The normalized spacial score (nSPS) is 12.0. The van der Waals surface area contributed by atoms with Crippen molar-refractivity contribution in [2.45, 2.75) is 23.1 Å². The van der Waals surface area contributed by atoms with E-state index in [4.69, 9.17) is 0 Å². The van der Waals surface area contributed by atoms with E-state index in [0.717, 1.165) is 10.7 Å². The fourth-order valence-electron chi connectivity index (χ4n) is 2.31. The quantitative estimate of drug-likeness (QED) is 0.670. The van der Waals surface area contributed by atoms with Gasteiger partial charge in [0.15, 0.2) is 0 Å². The van der Waals surface area contributed by atoms with Crippen LogP contribution in [0.4, 0.5) is 5.69 Å². The molecule has 10 heteroatoms. The molecule has 0 aliphatic heterocycles. The zero-order valence-corrected chi connectivity index (χ0v) is 17.5. The van der Waals surface area contributed by atoms with Crippen LogP contribution in [0.15, 0.2) is 58.3 Å². The Kier molecular flexibility index (Phi) is 6.81. The van der Waals surface area contributed by atoms with Crippen molar-refractivity contribution in [3.8, 4) is 0 Å². The predicted octanol–water partition coefficient (Wildman–Crippen LogP) is 1.88. The number of carbonyl (C=O) groups excluding carboxylic acids is 1. The van der Waals surface area contributed by atoms with Crippen molar-refractivity contribution in [1.82, 2.24) is 9.62 Å². The molecule has 28 heavy (non-hydrogen) atoms. The smallest absolute Gasteiger partial charge is 0.261 e. The molecule has 0 saturated heterocycles. The second-order valence-corrected chi connectivity index (χ2v) is 10.0. The third kappa shape index (κ3) is 4.89. The lowest BCUT2D eigenvalue weighted by Gasteiger charge is -2.14. The standard InChI is InChI=1S/C18H23N3O5S2/c1-4-13-19-18(22)16-7-5-6-8-17(16)20-27(23,24)14-9-11-15(12-10-14)28(25,26)21(2)3/h5-12,20H,4,13H2,1-3H3,(H,19,22). The minimum Gasteiger partial charge on any atom is -0.352 e. The number of benzene rings is 2.